The third-order valence-corrected chi connectivity index (χ3v) is 3.16. The Balaban J connectivity index is 4.08. The average Bonchev–Trinajstić information content (AvgIpc) is 2.16. The summed E-state index contributed by atoms with van der Waals surface area (Å²) in [4.78, 5) is 13.5. The second-order valence-corrected chi connectivity index (χ2v) is 4.31. The summed E-state index contributed by atoms with van der Waals surface area (Å²) in [6.07, 6.45) is 2.07. The van der Waals surface area contributed by atoms with Crippen LogP contribution in [0.5, 0.6) is 0 Å². The van der Waals surface area contributed by atoms with E-state index in [1.807, 2.05) is 20.9 Å². The predicted molar refractivity (Wildman–Crippen MR) is 61.7 cm³/mol. The van der Waals surface area contributed by atoms with Gasteiger partial charge in [-0.1, -0.05) is 0 Å². The van der Waals surface area contributed by atoms with Gasteiger partial charge in [-0.3, -0.25) is 9.69 Å². The zero-order valence-corrected chi connectivity index (χ0v) is 10.6. The van der Waals surface area contributed by atoms with Gasteiger partial charge in [-0.15, -0.1) is 0 Å². The Bertz CT molecular complexity index is 176. The van der Waals surface area contributed by atoms with E-state index in [0.29, 0.717) is 12.6 Å². The maximum Gasteiger partial charge on any atom is 0.323 e. The second-order valence-electron chi connectivity index (χ2n) is 3.40. The van der Waals surface area contributed by atoms with Crippen LogP contribution in [0.25, 0.3) is 0 Å². The highest BCUT2D eigenvalue weighted by Crippen LogP contribution is 2.08. The van der Waals surface area contributed by atoms with Gasteiger partial charge in [-0.2, -0.15) is 11.8 Å². The molecule has 0 fully saturated rings. The third-order valence-electron chi connectivity index (χ3n) is 2.34. The van der Waals surface area contributed by atoms with Crippen LogP contribution in [0.3, 0.4) is 0 Å². The van der Waals surface area contributed by atoms with Crippen LogP contribution < -0.4 is 0 Å². The minimum atomic E-state index is -0.155. The second kappa shape index (κ2) is 7.12. The van der Waals surface area contributed by atoms with Gasteiger partial charge in [0.05, 0.1) is 6.61 Å². The highest BCUT2D eigenvalue weighted by Gasteiger charge is 2.22. The Hall–Kier alpha value is -0.220. The number of hydrogen-bond acceptors (Lipinski definition) is 4. The number of ether oxygens (including phenoxy) is 1. The fourth-order valence-electron chi connectivity index (χ4n) is 1.17. The smallest absolute Gasteiger partial charge is 0.323 e. The molecule has 0 aromatic heterocycles. The van der Waals surface area contributed by atoms with Crippen LogP contribution in [-0.4, -0.2) is 48.6 Å². The molecular weight excluding hydrogens is 198 g/mol. The Kier molecular flexibility index (Phi) is 7.01. The van der Waals surface area contributed by atoms with E-state index in [-0.39, 0.29) is 12.0 Å². The SMILES string of the molecule is CCOC(=O)C(C)N(C)C(C)CSC. The molecule has 0 amide bonds. The first-order valence-corrected chi connectivity index (χ1v) is 6.31. The van der Waals surface area contributed by atoms with Crippen molar-refractivity contribution in [2.45, 2.75) is 32.9 Å². The van der Waals surface area contributed by atoms with Crippen LogP contribution in [0.4, 0.5) is 0 Å². The summed E-state index contributed by atoms with van der Waals surface area (Å²) >= 11 is 1.79. The van der Waals surface area contributed by atoms with Gasteiger partial charge in [0, 0.05) is 11.8 Å². The molecule has 0 N–H and O–H groups in total. The van der Waals surface area contributed by atoms with Crippen LogP contribution in [-0.2, 0) is 9.53 Å². The molecule has 4 heteroatoms. The van der Waals surface area contributed by atoms with Crippen LogP contribution in [0.2, 0.25) is 0 Å². The molecule has 0 rings (SSSR count). The minimum absolute atomic E-state index is 0.136. The monoisotopic (exact) mass is 219 g/mol. The lowest BCUT2D eigenvalue weighted by Crippen LogP contribution is -2.43. The fraction of sp³-hybridized carbons (Fsp3) is 0.900. The van der Waals surface area contributed by atoms with Gasteiger partial charge >= 0.3 is 5.97 Å². The number of thioether (sulfide) groups is 1. The highest BCUT2D eigenvalue weighted by molar-refractivity contribution is 7.98. The van der Waals surface area contributed by atoms with Crippen molar-refractivity contribution in [1.29, 1.82) is 0 Å². The molecule has 0 aliphatic rings. The van der Waals surface area contributed by atoms with E-state index < -0.39 is 0 Å². The molecule has 3 nitrogen and oxygen atoms in total. The normalized spacial score (nSPS) is 15.3. The van der Waals surface area contributed by atoms with Crippen molar-refractivity contribution in [1.82, 2.24) is 4.90 Å². The van der Waals surface area contributed by atoms with E-state index in [1.54, 1.807) is 11.8 Å². The van der Waals surface area contributed by atoms with E-state index in [2.05, 4.69) is 18.1 Å². The standard InChI is InChI=1S/C10H21NO2S/c1-6-13-10(12)9(3)11(4)8(2)7-14-5/h8-9H,6-7H2,1-5H3. The number of carbonyl (C=O) groups is 1. The number of likely N-dealkylation sites (N-methyl/N-ethyl adjacent to an activating group) is 1. The molecule has 0 heterocycles. The quantitative estimate of drug-likeness (QED) is 0.635. The van der Waals surface area contributed by atoms with Gasteiger partial charge in [-0.25, -0.2) is 0 Å². The molecule has 0 aromatic rings. The van der Waals surface area contributed by atoms with Crippen LogP contribution in [0.15, 0.2) is 0 Å². The molecule has 0 radical (unpaired) electrons. The first kappa shape index (κ1) is 13.8. The van der Waals surface area contributed by atoms with Crippen LogP contribution in [0, 0.1) is 0 Å². The molecule has 0 aliphatic carbocycles. The molecule has 0 saturated heterocycles. The van der Waals surface area contributed by atoms with E-state index >= 15 is 0 Å². The molecule has 14 heavy (non-hydrogen) atoms. The topological polar surface area (TPSA) is 29.5 Å². The van der Waals surface area contributed by atoms with E-state index in [9.17, 15) is 4.79 Å². The van der Waals surface area contributed by atoms with E-state index in [4.69, 9.17) is 4.74 Å². The lowest BCUT2D eigenvalue weighted by molar-refractivity contribution is -0.148. The maximum absolute atomic E-state index is 11.4. The minimum Gasteiger partial charge on any atom is -0.465 e. The summed E-state index contributed by atoms with van der Waals surface area (Å²) in [6, 6.07) is 0.238. The summed E-state index contributed by atoms with van der Waals surface area (Å²) in [7, 11) is 1.96. The van der Waals surface area contributed by atoms with Gasteiger partial charge in [-0.05, 0) is 34.1 Å². The van der Waals surface area contributed by atoms with Gasteiger partial charge in [0.1, 0.15) is 6.04 Å². The summed E-state index contributed by atoms with van der Waals surface area (Å²) in [5.74, 6) is 0.892. The molecule has 84 valence electrons. The van der Waals surface area contributed by atoms with Crippen molar-refractivity contribution in [3.8, 4) is 0 Å². The molecule has 0 aliphatic heterocycles. The fourth-order valence-corrected chi connectivity index (χ4v) is 1.89. The Morgan fingerprint density at radius 1 is 1.50 bits per heavy atom. The number of hydrogen-bond donors (Lipinski definition) is 0. The number of nitrogens with zero attached hydrogens (tertiary/aromatic N) is 1. The van der Waals surface area contributed by atoms with Crippen molar-refractivity contribution in [2.24, 2.45) is 0 Å². The van der Waals surface area contributed by atoms with Crippen LogP contribution in [0.1, 0.15) is 20.8 Å². The summed E-state index contributed by atoms with van der Waals surface area (Å²) in [5.41, 5.74) is 0. The molecule has 2 unspecified atom stereocenters. The maximum atomic E-state index is 11.4. The van der Waals surface area contributed by atoms with Crippen molar-refractivity contribution < 1.29 is 9.53 Å². The van der Waals surface area contributed by atoms with Crippen molar-refractivity contribution in [3.05, 3.63) is 0 Å². The first-order valence-electron chi connectivity index (χ1n) is 4.92. The number of rotatable bonds is 6. The molecule has 0 bridgehead atoms. The lowest BCUT2D eigenvalue weighted by atomic mass is 10.2. The first-order chi connectivity index (χ1) is 6.54. The molecule has 2 atom stereocenters. The molecule has 0 aromatic carbocycles. The van der Waals surface area contributed by atoms with Crippen molar-refractivity contribution in [3.63, 3.8) is 0 Å². The molecule has 0 saturated carbocycles. The predicted octanol–water partition coefficient (Wildman–Crippen LogP) is 1.62. The molecule has 0 spiro atoms. The van der Waals surface area contributed by atoms with Gasteiger partial charge in [0.15, 0.2) is 0 Å². The third kappa shape index (κ3) is 4.33. The van der Waals surface area contributed by atoms with Gasteiger partial charge < -0.3 is 4.74 Å². The largest absolute Gasteiger partial charge is 0.465 e. The molecular formula is C10H21NO2S. The Labute approximate surface area is 91.2 Å². The Morgan fingerprint density at radius 2 is 2.07 bits per heavy atom. The van der Waals surface area contributed by atoms with Gasteiger partial charge in [0.25, 0.3) is 0 Å². The van der Waals surface area contributed by atoms with Crippen molar-refractivity contribution in [2.75, 3.05) is 25.7 Å². The Morgan fingerprint density at radius 3 is 2.50 bits per heavy atom. The van der Waals surface area contributed by atoms with Crippen LogP contribution >= 0.6 is 11.8 Å². The zero-order chi connectivity index (χ0) is 11.1. The van der Waals surface area contributed by atoms with E-state index in [0.717, 1.165) is 5.75 Å². The summed E-state index contributed by atoms with van der Waals surface area (Å²) in [6.45, 7) is 6.28. The summed E-state index contributed by atoms with van der Waals surface area (Å²) in [5, 5.41) is 0. The lowest BCUT2D eigenvalue weighted by Gasteiger charge is -2.28. The number of esters is 1. The van der Waals surface area contributed by atoms with Gasteiger partial charge in [0.2, 0.25) is 0 Å². The van der Waals surface area contributed by atoms with Crippen molar-refractivity contribution >= 4 is 17.7 Å². The average molecular weight is 219 g/mol. The highest BCUT2D eigenvalue weighted by atomic mass is 32.2. The number of carbonyl (C=O) groups excluding carboxylic acids is 1. The van der Waals surface area contributed by atoms with E-state index in [1.165, 1.54) is 0 Å². The zero-order valence-electron chi connectivity index (χ0n) is 9.74. The summed E-state index contributed by atoms with van der Waals surface area (Å²) < 4.78 is 4.97.